The number of amides is 1. The molecule has 0 radical (unpaired) electrons. The third kappa shape index (κ3) is 3.53. The summed E-state index contributed by atoms with van der Waals surface area (Å²) in [6.07, 6.45) is 4.96. The lowest BCUT2D eigenvalue weighted by molar-refractivity contribution is 0.0931. The molecule has 2 aromatic carbocycles. The summed E-state index contributed by atoms with van der Waals surface area (Å²) in [5, 5.41) is 7.82. The van der Waals surface area contributed by atoms with Crippen LogP contribution in [0.4, 0.5) is 0 Å². The van der Waals surface area contributed by atoms with Crippen LogP contribution in [-0.2, 0) is 13.0 Å². The second-order valence-electron chi connectivity index (χ2n) is 6.59. The summed E-state index contributed by atoms with van der Waals surface area (Å²) < 4.78 is 3.05. The van der Waals surface area contributed by atoms with Gasteiger partial charge in [0.1, 0.15) is 0 Å². The van der Waals surface area contributed by atoms with Gasteiger partial charge >= 0.3 is 0 Å². The third-order valence-corrected chi connectivity index (χ3v) is 5.80. The molecular weight excluding hydrogens is 437 g/mol. The molecule has 1 unspecified atom stereocenters. The molecule has 1 N–H and O–H groups in total. The van der Waals surface area contributed by atoms with E-state index >= 15 is 0 Å². The fraction of sp³-hybridized carbons (Fsp3) is 0.238. The van der Waals surface area contributed by atoms with Crippen molar-refractivity contribution in [1.29, 1.82) is 0 Å². The molecule has 0 bridgehead atoms. The fourth-order valence-electron chi connectivity index (χ4n) is 3.54. The van der Waals surface area contributed by atoms with Crippen LogP contribution < -0.4 is 5.32 Å². The summed E-state index contributed by atoms with van der Waals surface area (Å²) in [6.45, 7) is 0.771. The van der Waals surface area contributed by atoms with Gasteiger partial charge in [-0.2, -0.15) is 5.10 Å². The van der Waals surface area contributed by atoms with Crippen molar-refractivity contribution in [3.8, 4) is 0 Å². The van der Waals surface area contributed by atoms with Crippen LogP contribution in [0.15, 0.2) is 60.8 Å². The SMILES string of the molecule is O=C(NC1CCCc2c1cnn2Cc1ccccc1)c1ccccc1I. The summed E-state index contributed by atoms with van der Waals surface area (Å²) in [5.74, 6) is -0.0105. The normalized spacial score (nSPS) is 16.1. The number of rotatable bonds is 4. The lowest BCUT2D eigenvalue weighted by Crippen LogP contribution is -2.31. The van der Waals surface area contributed by atoms with Crippen LogP contribution in [0.2, 0.25) is 0 Å². The van der Waals surface area contributed by atoms with E-state index in [1.54, 1.807) is 0 Å². The van der Waals surface area contributed by atoms with Crippen molar-refractivity contribution in [2.45, 2.75) is 31.8 Å². The number of carbonyl (C=O) groups is 1. The van der Waals surface area contributed by atoms with Crippen LogP contribution in [0.1, 0.15) is 46.1 Å². The Morgan fingerprint density at radius 2 is 1.92 bits per heavy atom. The number of hydrogen-bond donors (Lipinski definition) is 1. The highest BCUT2D eigenvalue weighted by Crippen LogP contribution is 2.30. The quantitative estimate of drug-likeness (QED) is 0.593. The Bertz CT molecular complexity index is 920. The molecule has 0 saturated carbocycles. The molecule has 1 heterocycles. The molecule has 5 heteroatoms. The number of carbonyl (C=O) groups excluding carboxylic acids is 1. The predicted octanol–water partition coefficient (Wildman–Crippen LogP) is 4.34. The molecule has 132 valence electrons. The Hall–Kier alpha value is -2.15. The summed E-state index contributed by atoms with van der Waals surface area (Å²) in [7, 11) is 0. The number of aromatic nitrogens is 2. The van der Waals surface area contributed by atoms with Gasteiger partial charge in [0.2, 0.25) is 0 Å². The highest BCUT2D eigenvalue weighted by molar-refractivity contribution is 14.1. The Balaban J connectivity index is 1.55. The number of nitrogens with one attached hydrogen (secondary N) is 1. The van der Waals surface area contributed by atoms with E-state index in [2.05, 4.69) is 62.0 Å². The second kappa shape index (κ2) is 7.61. The van der Waals surface area contributed by atoms with Crippen molar-refractivity contribution in [3.63, 3.8) is 0 Å². The number of benzene rings is 2. The smallest absolute Gasteiger partial charge is 0.252 e. The standard InChI is InChI=1S/C21H20IN3O/c22-18-10-5-4-9-16(18)21(26)24-19-11-6-12-20-17(19)13-23-25(20)14-15-7-2-1-3-8-15/h1-5,7-10,13,19H,6,11-12,14H2,(H,24,26). The van der Waals surface area contributed by atoms with Gasteiger partial charge in [0.05, 0.1) is 24.3 Å². The molecule has 4 rings (SSSR count). The summed E-state index contributed by atoms with van der Waals surface area (Å²) in [5.41, 5.74) is 4.37. The fourth-order valence-corrected chi connectivity index (χ4v) is 4.17. The first-order valence-corrected chi connectivity index (χ1v) is 9.94. The van der Waals surface area contributed by atoms with Gasteiger partial charge in [0.15, 0.2) is 0 Å². The van der Waals surface area contributed by atoms with E-state index in [1.807, 2.05) is 36.5 Å². The third-order valence-electron chi connectivity index (χ3n) is 4.86. The van der Waals surface area contributed by atoms with Crippen LogP contribution in [0.5, 0.6) is 0 Å². The number of halogens is 1. The van der Waals surface area contributed by atoms with Crippen LogP contribution in [0.3, 0.4) is 0 Å². The highest BCUT2D eigenvalue weighted by atomic mass is 127. The predicted molar refractivity (Wildman–Crippen MR) is 110 cm³/mol. The van der Waals surface area contributed by atoms with Crippen molar-refractivity contribution in [2.75, 3.05) is 0 Å². The van der Waals surface area contributed by atoms with Gasteiger partial charge < -0.3 is 5.32 Å². The van der Waals surface area contributed by atoms with E-state index in [-0.39, 0.29) is 11.9 Å². The Labute approximate surface area is 166 Å². The molecule has 0 fully saturated rings. The van der Waals surface area contributed by atoms with Crippen LogP contribution in [-0.4, -0.2) is 15.7 Å². The minimum absolute atomic E-state index is 0.0105. The second-order valence-corrected chi connectivity index (χ2v) is 7.75. The molecule has 0 saturated heterocycles. The van der Waals surface area contributed by atoms with E-state index in [9.17, 15) is 4.79 Å². The zero-order chi connectivity index (χ0) is 17.9. The molecule has 1 aliphatic rings. The van der Waals surface area contributed by atoms with Crippen molar-refractivity contribution in [1.82, 2.24) is 15.1 Å². The van der Waals surface area contributed by atoms with Gasteiger partial charge in [0, 0.05) is 14.8 Å². The van der Waals surface area contributed by atoms with Crippen LogP contribution in [0, 0.1) is 3.57 Å². The molecule has 1 atom stereocenters. The van der Waals surface area contributed by atoms with Gasteiger partial charge in [-0.25, -0.2) is 0 Å². The van der Waals surface area contributed by atoms with Crippen LogP contribution in [0.25, 0.3) is 0 Å². The molecular formula is C21H20IN3O. The van der Waals surface area contributed by atoms with Crippen molar-refractivity contribution in [2.24, 2.45) is 0 Å². The highest BCUT2D eigenvalue weighted by Gasteiger charge is 2.26. The molecule has 1 amide bonds. The van der Waals surface area contributed by atoms with Crippen molar-refractivity contribution < 1.29 is 4.79 Å². The largest absolute Gasteiger partial charge is 0.345 e. The maximum Gasteiger partial charge on any atom is 0.252 e. The van der Waals surface area contributed by atoms with E-state index in [0.717, 1.165) is 40.5 Å². The van der Waals surface area contributed by atoms with Gasteiger partial charge in [-0.05, 0) is 59.5 Å². The lowest BCUT2D eigenvalue weighted by atomic mass is 9.92. The van der Waals surface area contributed by atoms with E-state index in [1.165, 1.54) is 11.3 Å². The minimum Gasteiger partial charge on any atom is -0.345 e. The monoisotopic (exact) mass is 457 g/mol. The minimum atomic E-state index is -0.0105. The number of nitrogens with zero attached hydrogens (tertiary/aromatic N) is 2. The van der Waals surface area contributed by atoms with Gasteiger partial charge in [-0.1, -0.05) is 42.5 Å². The van der Waals surface area contributed by atoms with E-state index < -0.39 is 0 Å². The first-order valence-electron chi connectivity index (χ1n) is 8.86. The Kier molecular flexibility index (Phi) is 5.06. The average molecular weight is 457 g/mol. The summed E-state index contributed by atoms with van der Waals surface area (Å²) in [4.78, 5) is 12.7. The number of hydrogen-bond acceptors (Lipinski definition) is 2. The van der Waals surface area contributed by atoms with Gasteiger partial charge in [-0.15, -0.1) is 0 Å². The maximum atomic E-state index is 12.7. The Morgan fingerprint density at radius 1 is 1.15 bits per heavy atom. The number of fused-ring (bicyclic) bond motifs is 1. The lowest BCUT2D eigenvalue weighted by Gasteiger charge is -2.24. The zero-order valence-electron chi connectivity index (χ0n) is 14.4. The van der Waals surface area contributed by atoms with Crippen molar-refractivity contribution >= 4 is 28.5 Å². The first kappa shape index (κ1) is 17.3. The average Bonchev–Trinajstić information content (AvgIpc) is 3.07. The van der Waals surface area contributed by atoms with Crippen molar-refractivity contribution in [3.05, 3.63) is 86.7 Å². The van der Waals surface area contributed by atoms with Crippen LogP contribution >= 0.6 is 22.6 Å². The molecule has 3 aromatic rings. The zero-order valence-corrected chi connectivity index (χ0v) is 16.5. The summed E-state index contributed by atoms with van der Waals surface area (Å²) in [6, 6.07) is 18.1. The topological polar surface area (TPSA) is 46.9 Å². The first-order chi connectivity index (χ1) is 12.7. The van der Waals surface area contributed by atoms with Gasteiger partial charge in [-0.3, -0.25) is 9.48 Å². The molecule has 26 heavy (non-hydrogen) atoms. The van der Waals surface area contributed by atoms with Gasteiger partial charge in [0.25, 0.3) is 5.91 Å². The van der Waals surface area contributed by atoms with E-state index in [4.69, 9.17) is 0 Å². The maximum absolute atomic E-state index is 12.7. The van der Waals surface area contributed by atoms with E-state index in [0.29, 0.717) is 0 Å². The molecule has 0 spiro atoms. The molecule has 1 aliphatic carbocycles. The Morgan fingerprint density at radius 3 is 2.73 bits per heavy atom. The summed E-state index contributed by atoms with van der Waals surface area (Å²) >= 11 is 2.21. The molecule has 4 nitrogen and oxygen atoms in total. The molecule has 1 aromatic heterocycles. The molecule has 0 aliphatic heterocycles.